The van der Waals surface area contributed by atoms with Crippen LogP contribution in [0.4, 0.5) is 0 Å². The molecule has 3 N–H and O–H groups in total. The van der Waals surface area contributed by atoms with Crippen LogP contribution in [0.2, 0.25) is 0 Å². The second-order valence-corrected chi connectivity index (χ2v) is 6.91. The van der Waals surface area contributed by atoms with E-state index in [0.717, 1.165) is 19.8 Å². The predicted molar refractivity (Wildman–Crippen MR) is 72.0 cm³/mol. The number of carbonyl (C=O) groups is 2. The van der Waals surface area contributed by atoms with Gasteiger partial charge in [-0.25, -0.2) is 0 Å². The van der Waals surface area contributed by atoms with Gasteiger partial charge in [0.1, 0.15) is 0 Å². The highest BCUT2D eigenvalue weighted by Crippen LogP contribution is 2.36. The summed E-state index contributed by atoms with van der Waals surface area (Å²) in [7, 11) is -5.01. The van der Waals surface area contributed by atoms with Gasteiger partial charge in [0, 0.05) is 0 Å². The number of rotatable bonds is 9. The molecular weight excluding hydrogens is 288 g/mol. The first-order valence-corrected chi connectivity index (χ1v) is 7.89. The molecule has 3 unspecified atom stereocenters. The minimum Gasteiger partial charge on any atom is -0.481 e. The normalized spacial score (nSPS) is 18.0. The number of carboxylic acids is 2. The monoisotopic (exact) mass is 310 g/mol. The van der Waals surface area contributed by atoms with Gasteiger partial charge in [-0.05, 0) is 19.3 Å². The van der Waals surface area contributed by atoms with Crippen LogP contribution >= 0.6 is 0 Å². The molecule has 3 atom stereocenters. The topological polar surface area (TPSA) is 129 Å². The summed E-state index contributed by atoms with van der Waals surface area (Å²) < 4.78 is 31.5. The van der Waals surface area contributed by atoms with Crippen molar-refractivity contribution in [3.8, 4) is 0 Å². The van der Waals surface area contributed by atoms with Crippen molar-refractivity contribution < 1.29 is 32.8 Å². The van der Waals surface area contributed by atoms with Gasteiger partial charge in [-0.15, -0.1) is 0 Å². The molecule has 118 valence electrons. The van der Waals surface area contributed by atoms with E-state index in [2.05, 4.69) is 0 Å². The molecule has 0 amide bonds. The number of hydrogen-bond acceptors (Lipinski definition) is 4. The average molecular weight is 310 g/mol. The van der Waals surface area contributed by atoms with E-state index in [1.807, 2.05) is 6.92 Å². The Hall–Kier alpha value is -1.15. The van der Waals surface area contributed by atoms with Crippen LogP contribution in [-0.4, -0.2) is 40.4 Å². The number of unbranched alkanes of at least 4 members (excludes halogenated alkanes) is 1. The molecule has 0 aromatic rings. The predicted octanol–water partition coefficient (Wildman–Crippen LogP) is 1.63. The minimum absolute atomic E-state index is 0.140. The lowest BCUT2D eigenvalue weighted by atomic mass is 9.77. The lowest BCUT2D eigenvalue weighted by Crippen LogP contribution is -2.50. The third-order valence-electron chi connectivity index (χ3n) is 3.41. The molecule has 0 rings (SSSR count). The molecule has 0 radical (unpaired) electrons. The van der Waals surface area contributed by atoms with Crippen LogP contribution in [0.15, 0.2) is 0 Å². The smallest absolute Gasteiger partial charge is 0.325 e. The van der Waals surface area contributed by atoms with Crippen molar-refractivity contribution in [3.63, 3.8) is 0 Å². The van der Waals surface area contributed by atoms with Crippen LogP contribution in [0.25, 0.3) is 0 Å². The van der Waals surface area contributed by atoms with E-state index < -0.39 is 32.7 Å². The molecule has 0 saturated carbocycles. The second kappa shape index (κ2) is 7.03. The molecule has 7 nitrogen and oxygen atoms in total. The lowest BCUT2D eigenvalue weighted by molar-refractivity contribution is -0.155. The molecule has 8 heteroatoms. The standard InChI is InChI=1S/C12H22O7S/c1-4-5-6-8(2)7-12(3,11(15)16)9(10(13)14)20(17,18)19/h8-9H,4-7H2,1-3H3,(H,13,14)(H,15,16)(H,17,18,19). The largest absolute Gasteiger partial charge is 0.481 e. The van der Waals surface area contributed by atoms with Crippen LogP contribution < -0.4 is 0 Å². The molecule has 0 aliphatic heterocycles. The van der Waals surface area contributed by atoms with E-state index >= 15 is 0 Å². The SMILES string of the molecule is CCCCC(C)CC(C)(C(=O)O)C(C(=O)O)S(=O)(=O)O. The first-order chi connectivity index (χ1) is 8.96. The second-order valence-electron chi connectivity index (χ2n) is 5.41. The lowest BCUT2D eigenvalue weighted by Gasteiger charge is -2.31. The van der Waals surface area contributed by atoms with E-state index in [0.29, 0.717) is 6.42 Å². The molecule has 0 bridgehead atoms. The first-order valence-electron chi connectivity index (χ1n) is 6.39. The summed E-state index contributed by atoms with van der Waals surface area (Å²) in [6.07, 6.45) is 2.26. The Morgan fingerprint density at radius 2 is 1.75 bits per heavy atom. The Bertz CT molecular complexity index is 456. The molecular formula is C12H22O7S. The van der Waals surface area contributed by atoms with E-state index in [-0.39, 0.29) is 12.3 Å². The van der Waals surface area contributed by atoms with E-state index in [1.165, 1.54) is 0 Å². The zero-order chi connectivity index (χ0) is 16.1. The van der Waals surface area contributed by atoms with Crippen molar-refractivity contribution in [1.29, 1.82) is 0 Å². The molecule has 0 aliphatic carbocycles. The van der Waals surface area contributed by atoms with Gasteiger partial charge in [0.25, 0.3) is 10.1 Å². The van der Waals surface area contributed by atoms with Crippen LogP contribution in [0, 0.1) is 11.3 Å². The molecule has 0 saturated heterocycles. The van der Waals surface area contributed by atoms with Crippen molar-refractivity contribution in [2.75, 3.05) is 0 Å². The molecule has 0 aromatic heterocycles. The van der Waals surface area contributed by atoms with Crippen molar-refractivity contribution >= 4 is 22.1 Å². The number of carboxylic acid groups (broad SMARTS) is 2. The van der Waals surface area contributed by atoms with Crippen LogP contribution in [0.5, 0.6) is 0 Å². The Kier molecular flexibility index (Phi) is 6.63. The van der Waals surface area contributed by atoms with Crippen molar-refractivity contribution in [3.05, 3.63) is 0 Å². The van der Waals surface area contributed by atoms with Crippen LogP contribution in [0.3, 0.4) is 0 Å². The highest BCUT2D eigenvalue weighted by Gasteiger charge is 2.53. The van der Waals surface area contributed by atoms with Crippen molar-refractivity contribution in [2.24, 2.45) is 11.3 Å². The van der Waals surface area contributed by atoms with Gasteiger partial charge in [-0.3, -0.25) is 14.1 Å². The Balaban J connectivity index is 5.47. The van der Waals surface area contributed by atoms with Gasteiger partial charge in [0.15, 0.2) is 5.25 Å². The fourth-order valence-electron chi connectivity index (χ4n) is 2.41. The maximum absolute atomic E-state index is 11.4. The van der Waals surface area contributed by atoms with Gasteiger partial charge in [-0.2, -0.15) is 8.42 Å². The van der Waals surface area contributed by atoms with Gasteiger partial charge >= 0.3 is 11.9 Å². The van der Waals surface area contributed by atoms with Crippen LogP contribution in [-0.2, 0) is 19.7 Å². The highest BCUT2D eigenvalue weighted by atomic mass is 32.2. The zero-order valence-corrected chi connectivity index (χ0v) is 12.7. The third kappa shape index (κ3) is 4.75. The average Bonchev–Trinajstić information content (AvgIpc) is 2.23. The number of hydrogen-bond donors (Lipinski definition) is 3. The summed E-state index contributed by atoms with van der Waals surface area (Å²) in [5.41, 5.74) is -2.08. The van der Waals surface area contributed by atoms with Gasteiger partial charge in [-0.1, -0.05) is 33.1 Å². The van der Waals surface area contributed by atoms with E-state index in [4.69, 9.17) is 9.66 Å². The Morgan fingerprint density at radius 1 is 1.25 bits per heavy atom. The van der Waals surface area contributed by atoms with Crippen molar-refractivity contribution in [1.82, 2.24) is 0 Å². The Morgan fingerprint density at radius 3 is 2.05 bits per heavy atom. The first kappa shape index (κ1) is 18.9. The summed E-state index contributed by atoms with van der Waals surface area (Å²) in [4.78, 5) is 22.5. The molecule has 0 aromatic carbocycles. The fourth-order valence-corrected chi connectivity index (χ4v) is 3.52. The quantitative estimate of drug-likeness (QED) is 0.552. The molecule has 0 spiro atoms. The molecule has 0 fully saturated rings. The maximum Gasteiger partial charge on any atom is 0.325 e. The molecule has 0 aliphatic rings. The fraction of sp³-hybridized carbons (Fsp3) is 0.833. The summed E-state index contributed by atoms with van der Waals surface area (Å²) in [5.74, 6) is -3.58. The van der Waals surface area contributed by atoms with E-state index in [9.17, 15) is 23.1 Å². The summed E-state index contributed by atoms with van der Waals surface area (Å²) in [5, 5.41) is 15.9. The molecule has 20 heavy (non-hydrogen) atoms. The van der Waals surface area contributed by atoms with E-state index in [1.54, 1.807) is 6.92 Å². The minimum atomic E-state index is -5.01. The highest BCUT2D eigenvalue weighted by molar-refractivity contribution is 7.87. The summed E-state index contributed by atoms with van der Waals surface area (Å²) >= 11 is 0. The van der Waals surface area contributed by atoms with Crippen LogP contribution in [0.1, 0.15) is 46.5 Å². The zero-order valence-electron chi connectivity index (χ0n) is 11.9. The van der Waals surface area contributed by atoms with Gasteiger partial charge in [0.2, 0.25) is 0 Å². The summed E-state index contributed by atoms with van der Waals surface area (Å²) in [6, 6.07) is 0. The molecule has 0 heterocycles. The van der Waals surface area contributed by atoms with Crippen molar-refractivity contribution in [2.45, 2.75) is 51.7 Å². The maximum atomic E-state index is 11.4. The van der Waals surface area contributed by atoms with Gasteiger partial charge < -0.3 is 10.2 Å². The Labute approximate surface area is 118 Å². The van der Waals surface area contributed by atoms with Gasteiger partial charge in [0.05, 0.1) is 5.41 Å². The summed E-state index contributed by atoms with van der Waals surface area (Å²) in [6.45, 7) is 4.74. The number of aliphatic carboxylic acids is 2. The third-order valence-corrected chi connectivity index (χ3v) is 4.73.